The monoisotopic (exact) mass is 288 g/mol. The molecule has 0 heterocycles. The summed E-state index contributed by atoms with van der Waals surface area (Å²) in [6.07, 6.45) is 0. The van der Waals surface area contributed by atoms with Crippen LogP contribution in [0.1, 0.15) is 24.2 Å². The van der Waals surface area contributed by atoms with Gasteiger partial charge in [-0.05, 0) is 19.9 Å². The number of benzene rings is 1. The molecule has 1 aromatic rings. The lowest BCUT2D eigenvalue weighted by Gasteiger charge is -2.23. The van der Waals surface area contributed by atoms with Gasteiger partial charge in [0.05, 0.1) is 16.6 Å². The number of carbonyl (C=O) groups is 1. The second-order valence-electron chi connectivity index (χ2n) is 4.69. The van der Waals surface area contributed by atoms with Gasteiger partial charge in [0.1, 0.15) is 5.56 Å². The van der Waals surface area contributed by atoms with E-state index >= 15 is 0 Å². The summed E-state index contributed by atoms with van der Waals surface area (Å²) in [7, 11) is 1.44. The summed E-state index contributed by atoms with van der Waals surface area (Å²) in [5.74, 6) is -3.59. The number of hydrogen-bond donors (Lipinski definition) is 1. The highest BCUT2D eigenvalue weighted by Crippen LogP contribution is 2.22. The zero-order chi connectivity index (χ0) is 15.5. The van der Waals surface area contributed by atoms with E-state index in [9.17, 15) is 23.7 Å². The van der Waals surface area contributed by atoms with E-state index in [2.05, 4.69) is 5.32 Å². The highest BCUT2D eigenvalue weighted by Gasteiger charge is 2.25. The largest absolute Gasteiger partial charge is 0.377 e. The first-order valence-corrected chi connectivity index (χ1v) is 5.65. The van der Waals surface area contributed by atoms with Crippen molar-refractivity contribution in [3.8, 4) is 0 Å². The summed E-state index contributed by atoms with van der Waals surface area (Å²) in [6.45, 7) is 3.43. The zero-order valence-electron chi connectivity index (χ0n) is 11.2. The Morgan fingerprint density at radius 3 is 2.45 bits per heavy atom. The fourth-order valence-corrected chi connectivity index (χ4v) is 1.33. The molecule has 1 N–H and O–H groups in total. The molecular formula is C12H14F2N2O4. The van der Waals surface area contributed by atoms with Gasteiger partial charge < -0.3 is 10.1 Å². The first-order valence-electron chi connectivity index (χ1n) is 5.65. The molecule has 0 radical (unpaired) electrons. The number of ether oxygens (including phenoxy) is 1. The molecule has 0 atom stereocenters. The molecule has 0 aliphatic heterocycles. The predicted octanol–water partition coefficient (Wildman–Crippen LogP) is 2.03. The van der Waals surface area contributed by atoms with Crippen molar-refractivity contribution in [3.05, 3.63) is 39.4 Å². The Hall–Kier alpha value is -2.09. The van der Waals surface area contributed by atoms with Crippen molar-refractivity contribution in [3.63, 3.8) is 0 Å². The highest BCUT2D eigenvalue weighted by molar-refractivity contribution is 5.98. The highest BCUT2D eigenvalue weighted by atomic mass is 19.2. The molecule has 8 heteroatoms. The van der Waals surface area contributed by atoms with Gasteiger partial charge in [-0.3, -0.25) is 14.9 Å². The third-order valence-electron chi connectivity index (χ3n) is 2.71. The van der Waals surface area contributed by atoms with Crippen LogP contribution in [-0.2, 0) is 4.74 Å². The van der Waals surface area contributed by atoms with Gasteiger partial charge in [-0.2, -0.15) is 0 Å². The van der Waals surface area contributed by atoms with E-state index in [1.165, 1.54) is 7.11 Å². The van der Waals surface area contributed by atoms with E-state index in [0.717, 1.165) is 0 Å². The maximum Gasteiger partial charge on any atom is 0.285 e. The molecule has 110 valence electrons. The molecular weight excluding hydrogens is 274 g/mol. The maximum atomic E-state index is 13.1. The summed E-state index contributed by atoms with van der Waals surface area (Å²) >= 11 is 0. The van der Waals surface area contributed by atoms with Crippen LogP contribution in [0.3, 0.4) is 0 Å². The number of methoxy groups -OCH3 is 1. The van der Waals surface area contributed by atoms with Gasteiger partial charge in [0.15, 0.2) is 11.6 Å². The van der Waals surface area contributed by atoms with Crippen LogP contribution in [0.4, 0.5) is 14.5 Å². The number of amides is 1. The number of nitrogens with zero attached hydrogens (tertiary/aromatic N) is 1. The molecule has 0 spiro atoms. The van der Waals surface area contributed by atoms with Crippen molar-refractivity contribution < 1.29 is 23.2 Å². The fraction of sp³-hybridized carbons (Fsp3) is 0.417. The quantitative estimate of drug-likeness (QED) is 0.664. The topological polar surface area (TPSA) is 81.5 Å². The van der Waals surface area contributed by atoms with E-state index in [-0.39, 0.29) is 6.54 Å². The summed E-state index contributed by atoms with van der Waals surface area (Å²) in [4.78, 5) is 21.6. The average molecular weight is 288 g/mol. The number of carbonyl (C=O) groups excluding carboxylic acids is 1. The van der Waals surface area contributed by atoms with Crippen LogP contribution < -0.4 is 5.32 Å². The van der Waals surface area contributed by atoms with Gasteiger partial charge in [-0.1, -0.05) is 0 Å². The number of hydrogen-bond acceptors (Lipinski definition) is 4. The van der Waals surface area contributed by atoms with Crippen LogP contribution in [0, 0.1) is 21.7 Å². The molecule has 0 fully saturated rings. The van der Waals surface area contributed by atoms with Crippen LogP contribution >= 0.6 is 0 Å². The predicted molar refractivity (Wildman–Crippen MR) is 66.4 cm³/mol. The van der Waals surface area contributed by atoms with E-state index in [1.54, 1.807) is 13.8 Å². The summed E-state index contributed by atoms with van der Waals surface area (Å²) in [5.41, 5.74) is -2.03. The van der Waals surface area contributed by atoms with E-state index in [4.69, 9.17) is 4.74 Å². The minimum absolute atomic E-state index is 0.0541. The average Bonchev–Trinajstić information content (AvgIpc) is 2.38. The molecule has 0 unspecified atom stereocenters. The summed E-state index contributed by atoms with van der Waals surface area (Å²) in [5, 5.41) is 13.1. The van der Waals surface area contributed by atoms with Crippen LogP contribution in [-0.4, -0.2) is 30.1 Å². The molecule has 0 aliphatic rings. The first-order chi connectivity index (χ1) is 9.18. The van der Waals surface area contributed by atoms with Crippen molar-refractivity contribution in [2.75, 3.05) is 13.7 Å². The molecule has 1 amide bonds. The molecule has 0 bridgehead atoms. The SMILES string of the molecule is COC(C)(C)CNC(=O)c1cc(F)c(F)cc1[N+](=O)[O-]. The van der Waals surface area contributed by atoms with Crippen molar-refractivity contribution in [2.45, 2.75) is 19.4 Å². The van der Waals surface area contributed by atoms with E-state index < -0.39 is 39.3 Å². The minimum Gasteiger partial charge on any atom is -0.377 e. The summed E-state index contributed by atoms with van der Waals surface area (Å²) in [6, 6.07) is 0.883. The first kappa shape index (κ1) is 16.0. The van der Waals surface area contributed by atoms with E-state index in [0.29, 0.717) is 12.1 Å². The van der Waals surface area contributed by atoms with Crippen molar-refractivity contribution >= 4 is 11.6 Å². The lowest BCUT2D eigenvalue weighted by Crippen LogP contribution is -2.39. The number of nitrogens with one attached hydrogen (secondary N) is 1. The van der Waals surface area contributed by atoms with Gasteiger partial charge in [-0.15, -0.1) is 0 Å². The molecule has 20 heavy (non-hydrogen) atoms. The molecule has 0 saturated heterocycles. The minimum atomic E-state index is -1.38. The van der Waals surface area contributed by atoms with Crippen molar-refractivity contribution in [2.24, 2.45) is 0 Å². The fourth-order valence-electron chi connectivity index (χ4n) is 1.33. The second-order valence-corrected chi connectivity index (χ2v) is 4.69. The normalized spacial score (nSPS) is 11.2. The molecule has 0 aromatic heterocycles. The van der Waals surface area contributed by atoms with Crippen molar-refractivity contribution in [1.29, 1.82) is 0 Å². The Balaban J connectivity index is 3.04. The van der Waals surface area contributed by atoms with Gasteiger partial charge in [0.25, 0.3) is 11.6 Å². The van der Waals surface area contributed by atoms with Gasteiger partial charge in [0, 0.05) is 13.7 Å². The van der Waals surface area contributed by atoms with E-state index in [1.807, 2.05) is 0 Å². The van der Waals surface area contributed by atoms with Gasteiger partial charge in [-0.25, -0.2) is 8.78 Å². The Morgan fingerprint density at radius 1 is 1.40 bits per heavy atom. The lowest BCUT2D eigenvalue weighted by molar-refractivity contribution is -0.385. The maximum absolute atomic E-state index is 13.1. The van der Waals surface area contributed by atoms with Crippen LogP contribution in [0.5, 0.6) is 0 Å². The van der Waals surface area contributed by atoms with Crippen LogP contribution in [0.25, 0.3) is 0 Å². The lowest BCUT2D eigenvalue weighted by atomic mass is 10.1. The molecule has 1 aromatic carbocycles. The molecule has 1 rings (SSSR count). The Morgan fingerprint density at radius 2 is 1.95 bits per heavy atom. The summed E-state index contributed by atoms with van der Waals surface area (Å²) < 4.78 is 31.2. The second kappa shape index (κ2) is 5.91. The number of halogens is 2. The Kier molecular flexibility index (Phi) is 4.72. The van der Waals surface area contributed by atoms with Crippen molar-refractivity contribution in [1.82, 2.24) is 5.32 Å². The Labute approximate surface area is 113 Å². The number of nitro benzene ring substituents is 1. The third-order valence-corrected chi connectivity index (χ3v) is 2.71. The smallest absolute Gasteiger partial charge is 0.285 e. The standard InChI is InChI=1S/C12H14F2N2O4/c1-12(2,20-3)6-15-11(17)7-4-8(13)9(14)5-10(7)16(18)19/h4-5H,6H2,1-3H3,(H,15,17). The molecule has 6 nitrogen and oxygen atoms in total. The Bertz CT molecular complexity index is 547. The number of rotatable bonds is 5. The number of nitro groups is 1. The molecule has 0 saturated carbocycles. The zero-order valence-corrected chi connectivity index (χ0v) is 11.2. The third kappa shape index (κ3) is 3.70. The van der Waals surface area contributed by atoms with Crippen LogP contribution in [0.15, 0.2) is 12.1 Å². The van der Waals surface area contributed by atoms with Gasteiger partial charge in [0.2, 0.25) is 0 Å². The molecule has 0 aliphatic carbocycles. The van der Waals surface area contributed by atoms with Gasteiger partial charge >= 0.3 is 0 Å². The van der Waals surface area contributed by atoms with Crippen LogP contribution in [0.2, 0.25) is 0 Å².